The molecule has 0 radical (unpaired) electrons. The van der Waals surface area contributed by atoms with Crippen LogP contribution in [0.5, 0.6) is 5.75 Å². The Balaban J connectivity index is 1.71. The highest BCUT2D eigenvalue weighted by atomic mass is 16.3. The van der Waals surface area contributed by atoms with Crippen molar-refractivity contribution in [2.75, 3.05) is 6.54 Å². The summed E-state index contributed by atoms with van der Waals surface area (Å²) < 4.78 is 2.34. The van der Waals surface area contributed by atoms with E-state index in [1.165, 1.54) is 11.3 Å². The van der Waals surface area contributed by atoms with Crippen LogP contribution in [-0.2, 0) is 13.1 Å². The minimum Gasteiger partial charge on any atom is -0.508 e. The zero-order valence-electron chi connectivity index (χ0n) is 13.0. The molecule has 0 aliphatic carbocycles. The van der Waals surface area contributed by atoms with E-state index in [9.17, 15) is 5.11 Å². The Labute approximate surface area is 136 Å². The Kier molecular flexibility index (Phi) is 3.64. The summed E-state index contributed by atoms with van der Waals surface area (Å²) in [6.07, 6.45) is 2.16. The first-order valence-electron chi connectivity index (χ1n) is 8.03. The normalized spacial score (nSPS) is 17.8. The second kappa shape index (κ2) is 5.94. The average molecular weight is 304 g/mol. The van der Waals surface area contributed by atoms with Crippen LogP contribution in [0.15, 0.2) is 72.9 Å². The fourth-order valence-corrected chi connectivity index (χ4v) is 3.51. The van der Waals surface area contributed by atoms with Gasteiger partial charge in [0.05, 0.1) is 6.04 Å². The Morgan fingerprint density at radius 2 is 1.78 bits per heavy atom. The molecule has 0 amide bonds. The minimum atomic E-state index is 0.252. The molecule has 0 fully saturated rings. The van der Waals surface area contributed by atoms with Gasteiger partial charge >= 0.3 is 0 Å². The van der Waals surface area contributed by atoms with Gasteiger partial charge in [-0.3, -0.25) is 4.90 Å². The summed E-state index contributed by atoms with van der Waals surface area (Å²) in [6, 6.07) is 22.8. The maximum Gasteiger partial charge on any atom is 0.115 e. The lowest BCUT2D eigenvalue weighted by atomic mass is 9.99. The molecule has 1 aromatic heterocycles. The number of phenolic OH excluding ortho intramolecular Hbond substituents is 1. The molecule has 2 aromatic carbocycles. The predicted molar refractivity (Wildman–Crippen MR) is 91.2 cm³/mol. The first-order chi connectivity index (χ1) is 11.3. The maximum absolute atomic E-state index is 9.73. The molecule has 0 saturated carbocycles. The summed E-state index contributed by atoms with van der Waals surface area (Å²) in [5.41, 5.74) is 3.79. The summed E-state index contributed by atoms with van der Waals surface area (Å²) in [5.74, 6) is 0.333. The third kappa shape index (κ3) is 2.76. The van der Waals surface area contributed by atoms with Crippen LogP contribution in [-0.4, -0.2) is 21.1 Å². The third-order valence-electron chi connectivity index (χ3n) is 4.55. The molecule has 2 heterocycles. The van der Waals surface area contributed by atoms with Crippen molar-refractivity contribution in [2.24, 2.45) is 0 Å². The van der Waals surface area contributed by atoms with Gasteiger partial charge in [0.1, 0.15) is 5.75 Å². The third-order valence-corrected chi connectivity index (χ3v) is 4.55. The predicted octanol–water partition coefficient (Wildman–Crippen LogP) is 3.80. The van der Waals surface area contributed by atoms with Crippen molar-refractivity contribution in [1.29, 1.82) is 0 Å². The molecule has 1 aliphatic heterocycles. The number of phenols is 1. The van der Waals surface area contributed by atoms with Gasteiger partial charge < -0.3 is 9.67 Å². The molecule has 0 bridgehead atoms. The minimum absolute atomic E-state index is 0.252. The van der Waals surface area contributed by atoms with Gasteiger partial charge in [0.25, 0.3) is 0 Å². The highest BCUT2D eigenvalue weighted by Gasteiger charge is 2.28. The van der Waals surface area contributed by atoms with Crippen LogP contribution in [0.1, 0.15) is 22.9 Å². The zero-order valence-corrected chi connectivity index (χ0v) is 13.0. The molecule has 1 unspecified atom stereocenters. The lowest BCUT2D eigenvalue weighted by Gasteiger charge is -2.37. The van der Waals surface area contributed by atoms with Crippen LogP contribution in [0.25, 0.3) is 0 Å². The van der Waals surface area contributed by atoms with Gasteiger partial charge in [-0.1, -0.05) is 42.5 Å². The molecule has 116 valence electrons. The SMILES string of the molecule is Oc1cccc(CN2CCn3cccc3C2c2ccccc2)c1. The largest absolute Gasteiger partial charge is 0.508 e. The van der Waals surface area contributed by atoms with E-state index in [1.54, 1.807) is 6.07 Å². The highest BCUT2D eigenvalue weighted by molar-refractivity contribution is 5.32. The molecular formula is C20H20N2O. The van der Waals surface area contributed by atoms with E-state index in [0.717, 1.165) is 25.2 Å². The van der Waals surface area contributed by atoms with E-state index < -0.39 is 0 Å². The molecule has 3 heteroatoms. The molecule has 4 rings (SSSR count). The van der Waals surface area contributed by atoms with Gasteiger partial charge in [0.15, 0.2) is 0 Å². The number of fused-ring (bicyclic) bond motifs is 1. The molecule has 1 aliphatic rings. The van der Waals surface area contributed by atoms with Gasteiger partial charge in [-0.2, -0.15) is 0 Å². The number of hydrogen-bond acceptors (Lipinski definition) is 2. The number of aromatic nitrogens is 1. The van der Waals surface area contributed by atoms with Crippen LogP contribution < -0.4 is 0 Å². The Hall–Kier alpha value is -2.52. The maximum atomic E-state index is 9.73. The van der Waals surface area contributed by atoms with Crippen molar-refractivity contribution >= 4 is 0 Å². The summed E-state index contributed by atoms with van der Waals surface area (Å²) >= 11 is 0. The van der Waals surface area contributed by atoms with E-state index >= 15 is 0 Å². The first-order valence-corrected chi connectivity index (χ1v) is 8.03. The molecular weight excluding hydrogens is 284 g/mol. The Morgan fingerprint density at radius 1 is 0.913 bits per heavy atom. The highest BCUT2D eigenvalue weighted by Crippen LogP contribution is 2.33. The van der Waals surface area contributed by atoms with Crippen LogP contribution in [0.2, 0.25) is 0 Å². The fraction of sp³-hybridized carbons (Fsp3) is 0.200. The van der Waals surface area contributed by atoms with Crippen LogP contribution in [0.4, 0.5) is 0 Å². The van der Waals surface area contributed by atoms with Gasteiger partial charge in [-0.25, -0.2) is 0 Å². The number of aromatic hydroxyl groups is 1. The van der Waals surface area contributed by atoms with Gasteiger partial charge in [-0.15, -0.1) is 0 Å². The average Bonchev–Trinajstić information content (AvgIpc) is 3.04. The lowest BCUT2D eigenvalue weighted by molar-refractivity contribution is 0.174. The monoisotopic (exact) mass is 304 g/mol. The van der Waals surface area contributed by atoms with Crippen LogP contribution in [0.3, 0.4) is 0 Å². The van der Waals surface area contributed by atoms with Crippen molar-refractivity contribution < 1.29 is 5.11 Å². The van der Waals surface area contributed by atoms with Crippen molar-refractivity contribution in [2.45, 2.75) is 19.1 Å². The van der Waals surface area contributed by atoms with Gasteiger partial charge in [-0.05, 0) is 35.4 Å². The number of hydrogen-bond donors (Lipinski definition) is 1. The van der Waals surface area contributed by atoms with Crippen molar-refractivity contribution in [3.8, 4) is 5.75 Å². The molecule has 0 spiro atoms. The summed E-state index contributed by atoms with van der Waals surface area (Å²) in [5, 5.41) is 9.73. The summed E-state index contributed by atoms with van der Waals surface area (Å²) in [7, 11) is 0. The van der Waals surface area contributed by atoms with Crippen LogP contribution >= 0.6 is 0 Å². The molecule has 3 nitrogen and oxygen atoms in total. The molecule has 23 heavy (non-hydrogen) atoms. The van der Waals surface area contributed by atoms with E-state index in [1.807, 2.05) is 12.1 Å². The Morgan fingerprint density at radius 3 is 2.61 bits per heavy atom. The lowest BCUT2D eigenvalue weighted by Crippen LogP contribution is -2.37. The number of rotatable bonds is 3. The number of nitrogens with zero attached hydrogens (tertiary/aromatic N) is 2. The quantitative estimate of drug-likeness (QED) is 0.797. The summed E-state index contributed by atoms with van der Waals surface area (Å²) in [4.78, 5) is 2.49. The molecule has 0 saturated heterocycles. The smallest absolute Gasteiger partial charge is 0.115 e. The van der Waals surface area contributed by atoms with Crippen molar-refractivity contribution in [3.63, 3.8) is 0 Å². The zero-order chi connectivity index (χ0) is 15.6. The fourth-order valence-electron chi connectivity index (χ4n) is 3.51. The second-order valence-electron chi connectivity index (χ2n) is 6.08. The van der Waals surface area contributed by atoms with Gasteiger partial charge in [0.2, 0.25) is 0 Å². The number of benzene rings is 2. The molecule has 3 aromatic rings. The van der Waals surface area contributed by atoms with E-state index in [-0.39, 0.29) is 6.04 Å². The Bertz CT molecular complexity index is 794. The van der Waals surface area contributed by atoms with Gasteiger partial charge in [0, 0.05) is 31.5 Å². The second-order valence-corrected chi connectivity index (χ2v) is 6.08. The van der Waals surface area contributed by atoms with E-state index in [4.69, 9.17) is 0 Å². The first kappa shape index (κ1) is 14.1. The summed E-state index contributed by atoms with van der Waals surface area (Å²) in [6.45, 7) is 2.83. The van der Waals surface area contributed by atoms with Crippen molar-refractivity contribution in [1.82, 2.24) is 9.47 Å². The van der Waals surface area contributed by atoms with E-state index in [2.05, 4.69) is 64.2 Å². The van der Waals surface area contributed by atoms with Crippen molar-refractivity contribution in [3.05, 3.63) is 89.7 Å². The van der Waals surface area contributed by atoms with E-state index in [0.29, 0.717) is 5.75 Å². The molecule has 1 N–H and O–H groups in total. The molecule has 1 atom stereocenters. The van der Waals surface area contributed by atoms with Crippen LogP contribution in [0, 0.1) is 0 Å². The topological polar surface area (TPSA) is 28.4 Å². The standard InChI is InChI=1S/C20H20N2O/c23-18-9-4-6-16(14-18)15-22-13-12-21-11-5-10-19(21)20(22)17-7-2-1-3-8-17/h1-11,14,20,23H,12-13,15H2.